The van der Waals surface area contributed by atoms with Gasteiger partial charge in [0.1, 0.15) is 0 Å². The Balaban J connectivity index is 1.78. The molecule has 2 aromatic carbocycles. The largest absolute Gasteiger partial charge is 0.493 e. The van der Waals surface area contributed by atoms with Gasteiger partial charge < -0.3 is 14.0 Å². The van der Waals surface area contributed by atoms with Crippen LogP contribution >= 0.6 is 0 Å². The van der Waals surface area contributed by atoms with Gasteiger partial charge >= 0.3 is 18.0 Å². The molecule has 10 heteroatoms. The van der Waals surface area contributed by atoms with Crippen molar-refractivity contribution in [3.8, 4) is 29.0 Å². The minimum Gasteiger partial charge on any atom is -0.493 e. The molecule has 0 saturated heterocycles. The number of benzene rings is 2. The van der Waals surface area contributed by atoms with Gasteiger partial charge in [-0.05, 0) is 24.3 Å². The molecule has 0 fully saturated rings. The van der Waals surface area contributed by atoms with Crippen LogP contribution in [-0.4, -0.2) is 23.2 Å². The molecule has 0 aliphatic carbocycles. The second-order valence-corrected chi connectivity index (χ2v) is 5.37. The fourth-order valence-corrected chi connectivity index (χ4v) is 2.19. The van der Waals surface area contributed by atoms with Gasteiger partial charge in [0.25, 0.3) is 0 Å². The van der Waals surface area contributed by atoms with Crippen LogP contribution in [0.3, 0.4) is 0 Å². The molecule has 3 aromatic rings. The molecule has 0 aliphatic heterocycles. The van der Waals surface area contributed by atoms with Crippen molar-refractivity contribution >= 4 is 5.97 Å². The van der Waals surface area contributed by atoms with Crippen molar-refractivity contribution in [2.24, 2.45) is 0 Å². The van der Waals surface area contributed by atoms with Crippen LogP contribution in [0, 0.1) is 11.3 Å². The van der Waals surface area contributed by atoms with E-state index in [2.05, 4.69) is 14.7 Å². The van der Waals surface area contributed by atoms with Gasteiger partial charge in [0, 0.05) is 11.6 Å². The zero-order valence-corrected chi connectivity index (χ0v) is 14.1. The lowest BCUT2D eigenvalue weighted by atomic mass is 10.1. The lowest BCUT2D eigenvalue weighted by Gasteiger charge is -2.09. The normalized spacial score (nSPS) is 11.0. The Kier molecular flexibility index (Phi) is 5.00. The Hall–Kier alpha value is -3.87. The van der Waals surface area contributed by atoms with E-state index in [9.17, 15) is 18.0 Å². The van der Waals surface area contributed by atoms with Crippen molar-refractivity contribution in [3.63, 3.8) is 0 Å². The minimum absolute atomic E-state index is 0.114. The number of nitrogens with zero attached hydrogens (tertiary/aromatic N) is 3. The number of alkyl halides is 3. The summed E-state index contributed by atoms with van der Waals surface area (Å²) in [6.07, 6.45) is -4.74. The van der Waals surface area contributed by atoms with Crippen molar-refractivity contribution < 1.29 is 32.0 Å². The van der Waals surface area contributed by atoms with Gasteiger partial charge in [0.15, 0.2) is 11.5 Å². The molecule has 0 N–H and O–H groups in total. The first-order chi connectivity index (χ1) is 13.3. The summed E-state index contributed by atoms with van der Waals surface area (Å²) >= 11 is 0. The summed E-state index contributed by atoms with van der Waals surface area (Å²) in [7, 11) is 1.36. The van der Waals surface area contributed by atoms with E-state index in [1.54, 1.807) is 0 Å². The zero-order chi connectivity index (χ0) is 20.3. The van der Waals surface area contributed by atoms with Gasteiger partial charge in [-0.15, -0.1) is 0 Å². The van der Waals surface area contributed by atoms with Crippen molar-refractivity contribution in [2.75, 3.05) is 7.11 Å². The van der Waals surface area contributed by atoms with Crippen LogP contribution in [0.25, 0.3) is 11.4 Å². The highest BCUT2D eigenvalue weighted by atomic mass is 19.4. The number of carbonyl (C=O) groups excluding carboxylic acids is 1. The Morgan fingerprint density at radius 3 is 2.43 bits per heavy atom. The van der Waals surface area contributed by atoms with Crippen LogP contribution in [0.15, 0.2) is 47.0 Å². The zero-order valence-electron chi connectivity index (χ0n) is 14.1. The molecule has 1 aromatic heterocycles. The average molecular weight is 389 g/mol. The van der Waals surface area contributed by atoms with E-state index in [-0.39, 0.29) is 28.5 Å². The number of hydrogen-bond acceptors (Lipinski definition) is 7. The number of rotatable bonds is 4. The second kappa shape index (κ2) is 7.40. The van der Waals surface area contributed by atoms with Crippen LogP contribution in [0.1, 0.15) is 21.8 Å². The third-order valence-corrected chi connectivity index (χ3v) is 3.54. The van der Waals surface area contributed by atoms with E-state index in [4.69, 9.17) is 14.7 Å². The number of methoxy groups -OCH3 is 1. The van der Waals surface area contributed by atoms with Crippen LogP contribution in [0.4, 0.5) is 13.2 Å². The van der Waals surface area contributed by atoms with Crippen LogP contribution in [0.5, 0.6) is 11.5 Å². The molecule has 7 nitrogen and oxygen atoms in total. The Labute approximate surface area is 155 Å². The number of carbonyl (C=O) groups is 1. The molecule has 0 atom stereocenters. The van der Waals surface area contributed by atoms with Crippen LogP contribution < -0.4 is 9.47 Å². The van der Waals surface area contributed by atoms with Crippen LogP contribution in [-0.2, 0) is 6.18 Å². The quantitative estimate of drug-likeness (QED) is 0.494. The van der Waals surface area contributed by atoms with Crippen molar-refractivity contribution in [2.45, 2.75) is 6.18 Å². The fourth-order valence-electron chi connectivity index (χ4n) is 2.19. The minimum atomic E-state index is -4.74. The highest BCUT2D eigenvalue weighted by Gasteiger charge is 2.38. The summed E-state index contributed by atoms with van der Waals surface area (Å²) in [5.41, 5.74) is 0.695. The van der Waals surface area contributed by atoms with Gasteiger partial charge in [0.2, 0.25) is 5.82 Å². The highest BCUT2D eigenvalue weighted by molar-refractivity contribution is 5.91. The van der Waals surface area contributed by atoms with Crippen molar-refractivity contribution in [1.82, 2.24) is 10.1 Å². The van der Waals surface area contributed by atoms with Gasteiger partial charge in [-0.1, -0.05) is 17.3 Å². The summed E-state index contributed by atoms with van der Waals surface area (Å²) in [6, 6.07) is 11.6. The maximum Gasteiger partial charge on any atom is 0.471 e. The summed E-state index contributed by atoms with van der Waals surface area (Å²) < 4.78 is 52.1. The number of esters is 1. The van der Waals surface area contributed by atoms with Crippen molar-refractivity contribution in [3.05, 3.63) is 59.5 Å². The highest BCUT2D eigenvalue weighted by Crippen LogP contribution is 2.30. The van der Waals surface area contributed by atoms with E-state index in [1.807, 2.05) is 6.07 Å². The van der Waals surface area contributed by atoms with Gasteiger partial charge in [0.05, 0.1) is 24.3 Å². The van der Waals surface area contributed by atoms with Gasteiger partial charge in [-0.3, -0.25) is 0 Å². The summed E-state index contributed by atoms with van der Waals surface area (Å²) in [4.78, 5) is 15.5. The molecule has 142 valence electrons. The topological polar surface area (TPSA) is 98.2 Å². The number of aromatic nitrogens is 2. The van der Waals surface area contributed by atoms with Crippen LogP contribution in [0.2, 0.25) is 0 Å². The maximum absolute atomic E-state index is 12.5. The van der Waals surface area contributed by atoms with Gasteiger partial charge in [-0.2, -0.15) is 23.4 Å². The average Bonchev–Trinajstić information content (AvgIpc) is 3.19. The van der Waals surface area contributed by atoms with Crippen molar-refractivity contribution in [1.29, 1.82) is 5.26 Å². The third-order valence-electron chi connectivity index (χ3n) is 3.54. The van der Waals surface area contributed by atoms with E-state index >= 15 is 0 Å². The fraction of sp³-hybridized carbons (Fsp3) is 0.111. The molecule has 0 aliphatic rings. The molecule has 28 heavy (non-hydrogen) atoms. The monoisotopic (exact) mass is 389 g/mol. The SMILES string of the molecule is COc1cc(C#N)ccc1OC(=O)c1ccc(-c2noc(C(F)(F)F)n2)cc1. The molecule has 3 rings (SSSR count). The summed E-state index contributed by atoms with van der Waals surface area (Å²) in [5, 5.41) is 12.2. The predicted octanol–water partition coefficient (Wildman–Crippen LogP) is 3.85. The van der Waals surface area contributed by atoms with E-state index in [1.165, 1.54) is 49.6 Å². The molecule has 0 amide bonds. The van der Waals surface area contributed by atoms with E-state index < -0.39 is 18.0 Å². The number of hydrogen-bond donors (Lipinski definition) is 0. The third kappa shape index (κ3) is 3.93. The first-order valence-corrected chi connectivity index (χ1v) is 7.63. The number of halogens is 3. The molecule has 0 bridgehead atoms. The number of ether oxygens (including phenoxy) is 2. The molecule has 1 heterocycles. The second-order valence-electron chi connectivity index (χ2n) is 5.37. The lowest BCUT2D eigenvalue weighted by molar-refractivity contribution is -0.159. The summed E-state index contributed by atoms with van der Waals surface area (Å²) in [6.45, 7) is 0. The lowest BCUT2D eigenvalue weighted by Crippen LogP contribution is -2.09. The first kappa shape index (κ1) is 18.9. The molecule has 0 radical (unpaired) electrons. The smallest absolute Gasteiger partial charge is 0.471 e. The first-order valence-electron chi connectivity index (χ1n) is 7.63. The Morgan fingerprint density at radius 2 is 1.86 bits per heavy atom. The van der Waals surface area contributed by atoms with Gasteiger partial charge in [-0.25, -0.2) is 4.79 Å². The standard InChI is InChI=1S/C18H10F3N3O4/c1-26-14-8-10(9-22)2-7-13(14)27-16(25)12-5-3-11(4-6-12)15-23-17(28-24-15)18(19,20)21/h2-8H,1H3. The van der Waals surface area contributed by atoms with E-state index in [0.29, 0.717) is 5.56 Å². The maximum atomic E-state index is 12.5. The van der Waals surface area contributed by atoms with E-state index in [0.717, 1.165) is 0 Å². The molecular weight excluding hydrogens is 379 g/mol. The molecule has 0 spiro atoms. The molecule has 0 unspecified atom stereocenters. The molecular formula is C18H10F3N3O4. The Morgan fingerprint density at radius 1 is 1.14 bits per heavy atom. The number of nitriles is 1. The summed E-state index contributed by atoms with van der Waals surface area (Å²) in [5.74, 6) is -2.13. The Bertz CT molecular complexity index is 1050. The predicted molar refractivity (Wildman–Crippen MR) is 87.4 cm³/mol. The molecule has 0 saturated carbocycles.